The van der Waals surface area contributed by atoms with Crippen molar-refractivity contribution >= 4 is 28.5 Å². The minimum absolute atomic E-state index is 0.112. The Labute approximate surface area is 186 Å². The fourth-order valence-electron chi connectivity index (χ4n) is 3.05. The average Bonchev–Trinajstić information content (AvgIpc) is 2.93. The normalized spacial score (nSPS) is 15.1. The number of hydrogen-bond acceptors (Lipinski definition) is 3. The van der Waals surface area contributed by atoms with Crippen LogP contribution in [-0.2, 0) is 21.7 Å². The highest BCUT2D eigenvalue weighted by atomic mass is 28.4. The molecule has 1 aromatic rings. The van der Waals surface area contributed by atoms with Crippen molar-refractivity contribution in [1.82, 2.24) is 0 Å². The summed E-state index contributed by atoms with van der Waals surface area (Å²) in [5.41, 5.74) is 4.37. The molecule has 0 spiro atoms. The molecule has 0 radical (unpaired) electrons. The number of ketones is 1. The minimum atomic E-state index is -1.78. The SMILES string of the molecule is CC(C)(C)[Si](C)(C)OCCc1cc2c(cc1CCO[Si](C)(C)C(C)(C)C)C(=O)C=C2. The van der Waals surface area contributed by atoms with Crippen molar-refractivity contribution in [2.75, 3.05) is 13.2 Å². The first-order valence-corrected chi connectivity index (χ1v) is 17.0. The highest BCUT2D eigenvalue weighted by Gasteiger charge is 2.38. The summed E-state index contributed by atoms with van der Waals surface area (Å²) in [4.78, 5) is 12.2. The van der Waals surface area contributed by atoms with E-state index in [1.807, 2.05) is 6.08 Å². The molecular weight excluding hydrogens is 404 g/mol. The molecule has 2 rings (SSSR count). The summed E-state index contributed by atoms with van der Waals surface area (Å²) in [6, 6.07) is 4.28. The Morgan fingerprint density at radius 2 is 1.17 bits per heavy atom. The van der Waals surface area contributed by atoms with Gasteiger partial charge in [0.2, 0.25) is 0 Å². The molecule has 0 aliphatic heterocycles. The molecule has 0 heterocycles. The summed E-state index contributed by atoms with van der Waals surface area (Å²) >= 11 is 0. The summed E-state index contributed by atoms with van der Waals surface area (Å²) < 4.78 is 12.8. The van der Waals surface area contributed by atoms with E-state index >= 15 is 0 Å². The van der Waals surface area contributed by atoms with Crippen molar-refractivity contribution in [2.45, 2.75) is 90.6 Å². The van der Waals surface area contributed by atoms with Crippen LogP contribution < -0.4 is 0 Å². The van der Waals surface area contributed by atoms with Gasteiger partial charge in [-0.15, -0.1) is 0 Å². The molecule has 0 fully saturated rings. The maximum absolute atomic E-state index is 12.2. The molecule has 0 aromatic heterocycles. The monoisotopic (exact) mass is 446 g/mol. The number of fused-ring (bicyclic) bond motifs is 1. The summed E-state index contributed by atoms with van der Waals surface area (Å²) in [5, 5.41) is 0.407. The third kappa shape index (κ3) is 5.81. The average molecular weight is 447 g/mol. The Bertz CT molecular complexity index is 809. The van der Waals surface area contributed by atoms with Crippen LogP contribution in [0.1, 0.15) is 68.6 Å². The van der Waals surface area contributed by atoms with E-state index in [-0.39, 0.29) is 15.9 Å². The maximum Gasteiger partial charge on any atom is 0.191 e. The molecule has 0 bridgehead atoms. The van der Waals surface area contributed by atoms with E-state index in [0.29, 0.717) is 6.61 Å². The van der Waals surface area contributed by atoms with Crippen LogP contribution >= 0.6 is 0 Å². The predicted molar refractivity (Wildman–Crippen MR) is 134 cm³/mol. The Kier molecular flexibility index (Phi) is 7.45. The van der Waals surface area contributed by atoms with E-state index < -0.39 is 16.6 Å². The topological polar surface area (TPSA) is 35.5 Å². The summed E-state index contributed by atoms with van der Waals surface area (Å²) in [6.07, 6.45) is 5.32. The van der Waals surface area contributed by atoms with Crippen molar-refractivity contribution in [2.24, 2.45) is 0 Å². The highest BCUT2D eigenvalue weighted by Crippen LogP contribution is 2.37. The van der Waals surface area contributed by atoms with Crippen LogP contribution in [0.2, 0.25) is 36.3 Å². The second-order valence-electron chi connectivity index (χ2n) is 11.6. The summed E-state index contributed by atoms with van der Waals surface area (Å²) in [6.45, 7) is 24.2. The fourth-order valence-corrected chi connectivity index (χ4v) is 5.14. The van der Waals surface area contributed by atoms with Gasteiger partial charge in [-0.3, -0.25) is 4.79 Å². The second kappa shape index (κ2) is 8.85. The Hall–Kier alpha value is -1.02. The number of rotatable bonds is 8. The van der Waals surface area contributed by atoms with Gasteiger partial charge in [0.1, 0.15) is 0 Å². The molecule has 1 aliphatic rings. The molecule has 0 saturated carbocycles. The van der Waals surface area contributed by atoms with E-state index in [0.717, 1.165) is 30.6 Å². The highest BCUT2D eigenvalue weighted by molar-refractivity contribution is 6.74. The van der Waals surface area contributed by atoms with Crippen LogP contribution in [0.15, 0.2) is 18.2 Å². The number of carbonyl (C=O) groups excluding carboxylic acids is 1. The van der Waals surface area contributed by atoms with Gasteiger partial charge in [0, 0.05) is 18.8 Å². The van der Waals surface area contributed by atoms with Crippen molar-refractivity contribution < 1.29 is 13.6 Å². The van der Waals surface area contributed by atoms with Crippen LogP contribution in [0, 0.1) is 0 Å². The fraction of sp³-hybridized carbons (Fsp3) is 0.640. The van der Waals surface area contributed by atoms with Gasteiger partial charge in [-0.25, -0.2) is 0 Å². The standard InChI is InChI=1S/C25H42O3Si2/c1-24(2,3)29(7,8)27-15-13-19-17-21-11-12-23(26)22(21)18-20(19)14-16-28-30(9,10)25(4,5)6/h11-12,17-18H,13-16H2,1-10H3. The van der Waals surface area contributed by atoms with Crippen molar-refractivity contribution in [1.29, 1.82) is 0 Å². The van der Waals surface area contributed by atoms with Crippen LogP contribution in [-0.4, -0.2) is 35.6 Å². The van der Waals surface area contributed by atoms with Crippen molar-refractivity contribution in [3.63, 3.8) is 0 Å². The molecule has 0 N–H and O–H groups in total. The zero-order chi connectivity index (χ0) is 23.0. The molecule has 1 aromatic carbocycles. The smallest absolute Gasteiger partial charge is 0.191 e. The van der Waals surface area contributed by atoms with E-state index in [2.05, 4.69) is 79.9 Å². The van der Waals surface area contributed by atoms with E-state index in [4.69, 9.17) is 8.85 Å². The number of allylic oxidation sites excluding steroid dienone is 1. The molecule has 0 saturated heterocycles. The Balaban J connectivity index is 2.15. The van der Waals surface area contributed by atoms with Gasteiger partial charge in [-0.05, 0) is 77.9 Å². The molecular formula is C25H42O3Si2. The van der Waals surface area contributed by atoms with Crippen LogP contribution in [0.3, 0.4) is 0 Å². The minimum Gasteiger partial charge on any atom is -0.416 e. The first-order valence-electron chi connectivity index (χ1n) is 11.2. The Morgan fingerprint density at radius 1 is 0.733 bits per heavy atom. The van der Waals surface area contributed by atoms with Crippen molar-refractivity contribution in [3.05, 3.63) is 40.5 Å². The van der Waals surface area contributed by atoms with Gasteiger partial charge >= 0.3 is 0 Å². The molecule has 0 amide bonds. The first kappa shape index (κ1) is 25.2. The molecule has 0 unspecified atom stereocenters. The van der Waals surface area contributed by atoms with Gasteiger partial charge in [0.15, 0.2) is 22.4 Å². The lowest BCUT2D eigenvalue weighted by Gasteiger charge is -2.36. The van der Waals surface area contributed by atoms with Crippen LogP contribution in [0.25, 0.3) is 6.08 Å². The quantitative estimate of drug-likeness (QED) is 0.402. The third-order valence-electron chi connectivity index (χ3n) is 7.33. The first-order chi connectivity index (χ1) is 13.6. The number of carbonyl (C=O) groups is 1. The molecule has 1 aliphatic carbocycles. The molecule has 5 heteroatoms. The summed E-state index contributed by atoms with van der Waals surface area (Å²) in [7, 11) is -3.55. The largest absolute Gasteiger partial charge is 0.416 e. The number of hydrogen-bond donors (Lipinski definition) is 0. The van der Waals surface area contributed by atoms with Crippen molar-refractivity contribution in [3.8, 4) is 0 Å². The van der Waals surface area contributed by atoms with Gasteiger partial charge in [-0.1, -0.05) is 53.7 Å². The zero-order valence-electron chi connectivity index (χ0n) is 20.9. The second-order valence-corrected chi connectivity index (χ2v) is 21.2. The van der Waals surface area contributed by atoms with Crippen LogP contribution in [0.4, 0.5) is 0 Å². The van der Waals surface area contributed by atoms with Gasteiger partial charge in [0.05, 0.1) is 0 Å². The van der Waals surface area contributed by atoms with Crippen LogP contribution in [0.5, 0.6) is 0 Å². The molecule has 3 nitrogen and oxygen atoms in total. The van der Waals surface area contributed by atoms with Gasteiger partial charge < -0.3 is 8.85 Å². The number of benzene rings is 1. The predicted octanol–water partition coefficient (Wildman–Crippen LogP) is 7.02. The van der Waals surface area contributed by atoms with E-state index in [9.17, 15) is 4.79 Å². The molecule has 0 atom stereocenters. The van der Waals surface area contributed by atoms with E-state index in [1.54, 1.807) is 6.08 Å². The lowest BCUT2D eigenvalue weighted by molar-refractivity contribution is 0.105. The Morgan fingerprint density at radius 3 is 1.60 bits per heavy atom. The molecule has 30 heavy (non-hydrogen) atoms. The van der Waals surface area contributed by atoms with E-state index in [1.165, 1.54) is 11.1 Å². The lowest BCUT2D eigenvalue weighted by atomic mass is 9.96. The molecule has 168 valence electrons. The van der Waals surface area contributed by atoms with Gasteiger partial charge in [-0.2, -0.15) is 0 Å². The lowest BCUT2D eigenvalue weighted by Crippen LogP contribution is -2.41. The maximum atomic E-state index is 12.2. The zero-order valence-corrected chi connectivity index (χ0v) is 22.9. The van der Waals surface area contributed by atoms with Gasteiger partial charge in [0.25, 0.3) is 0 Å². The third-order valence-corrected chi connectivity index (χ3v) is 16.4. The summed E-state index contributed by atoms with van der Waals surface area (Å²) in [5.74, 6) is 0.112.